The average molecular weight is 275 g/mol. The van der Waals surface area contributed by atoms with E-state index in [-0.39, 0.29) is 0 Å². The van der Waals surface area contributed by atoms with Gasteiger partial charge in [0.2, 0.25) is 0 Å². The fourth-order valence-corrected chi connectivity index (χ4v) is 2.13. The molecule has 2 aromatic heterocycles. The summed E-state index contributed by atoms with van der Waals surface area (Å²) in [4.78, 5) is 8.84. The number of nitriles is 1. The Morgan fingerprint density at radius 1 is 1.14 bits per heavy atom. The number of rotatable bonds is 2. The first-order valence-electron chi connectivity index (χ1n) is 6.46. The molecule has 3 rings (SSSR count). The van der Waals surface area contributed by atoms with Crippen LogP contribution in [0.25, 0.3) is 17.2 Å². The predicted octanol–water partition coefficient (Wildman–Crippen LogP) is 2.70. The summed E-state index contributed by atoms with van der Waals surface area (Å²) in [5.74, 6) is 1.31. The van der Waals surface area contributed by atoms with Gasteiger partial charge in [-0.05, 0) is 43.3 Å². The van der Waals surface area contributed by atoms with E-state index in [0.29, 0.717) is 17.1 Å². The summed E-state index contributed by atoms with van der Waals surface area (Å²) in [5.41, 5.74) is 8.69. The lowest BCUT2D eigenvalue weighted by atomic mass is 10.2. The molecule has 0 spiro atoms. The number of benzene rings is 1. The first-order valence-corrected chi connectivity index (χ1v) is 6.46. The van der Waals surface area contributed by atoms with Crippen molar-refractivity contribution in [2.45, 2.75) is 6.92 Å². The van der Waals surface area contributed by atoms with Crippen molar-refractivity contribution in [2.24, 2.45) is 0 Å². The van der Waals surface area contributed by atoms with Crippen LogP contribution in [0, 0.1) is 18.3 Å². The Hall–Kier alpha value is -3.13. The summed E-state index contributed by atoms with van der Waals surface area (Å²) in [7, 11) is 0. The van der Waals surface area contributed by atoms with Gasteiger partial charge in [-0.1, -0.05) is 0 Å². The van der Waals surface area contributed by atoms with Crippen LogP contribution in [-0.4, -0.2) is 14.5 Å². The van der Waals surface area contributed by atoms with Crippen LogP contribution in [0.2, 0.25) is 0 Å². The largest absolute Gasteiger partial charge is 0.399 e. The lowest BCUT2D eigenvalue weighted by molar-refractivity contribution is 0.977. The normalized spacial score (nSPS) is 10.3. The highest BCUT2D eigenvalue weighted by molar-refractivity contribution is 5.62. The number of aromatic nitrogens is 3. The minimum Gasteiger partial charge on any atom is -0.399 e. The number of hydrogen-bond donors (Lipinski definition) is 1. The summed E-state index contributed by atoms with van der Waals surface area (Å²) in [6.45, 7) is 1.89. The Kier molecular flexibility index (Phi) is 3.13. The second-order valence-electron chi connectivity index (χ2n) is 4.68. The van der Waals surface area contributed by atoms with Gasteiger partial charge in [-0.2, -0.15) is 5.26 Å². The van der Waals surface area contributed by atoms with Crippen LogP contribution in [0.3, 0.4) is 0 Å². The van der Waals surface area contributed by atoms with Gasteiger partial charge in [-0.3, -0.25) is 4.57 Å². The van der Waals surface area contributed by atoms with Gasteiger partial charge in [-0.25, -0.2) is 9.97 Å². The second kappa shape index (κ2) is 5.10. The Balaban J connectivity index is 2.18. The maximum absolute atomic E-state index is 9.27. The lowest BCUT2D eigenvalue weighted by Gasteiger charge is -2.09. The molecular weight excluding hydrogens is 262 g/mol. The summed E-state index contributed by atoms with van der Waals surface area (Å²) >= 11 is 0. The van der Waals surface area contributed by atoms with Crippen molar-refractivity contribution < 1.29 is 0 Å². The number of nitrogens with two attached hydrogens (primary N) is 1. The smallest absolute Gasteiger partial charge is 0.156 e. The van der Waals surface area contributed by atoms with E-state index >= 15 is 0 Å². The number of aryl methyl sites for hydroxylation is 1. The molecule has 0 bridgehead atoms. The standard InChI is InChI=1S/C16H13N5/c1-11-2-3-13(10-17)16(20-11)21-9-8-19-15(21)12-4-6-14(18)7-5-12/h2-9H,18H2,1H3. The number of nitrogens with zero attached hydrogens (tertiary/aromatic N) is 4. The van der Waals surface area contributed by atoms with Gasteiger partial charge in [0.05, 0.1) is 5.56 Å². The zero-order chi connectivity index (χ0) is 14.8. The molecule has 0 aliphatic rings. The Morgan fingerprint density at radius 2 is 1.90 bits per heavy atom. The third kappa shape index (κ3) is 2.35. The predicted molar refractivity (Wildman–Crippen MR) is 80.7 cm³/mol. The number of anilines is 1. The molecule has 2 heterocycles. The number of nitrogen functional groups attached to an aromatic ring is 1. The highest BCUT2D eigenvalue weighted by Gasteiger charge is 2.12. The second-order valence-corrected chi connectivity index (χ2v) is 4.68. The summed E-state index contributed by atoms with van der Waals surface area (Å²) in [6.07, 6.45) is 3.49. The van der Waals surface area contributed by atoms with Crippen molar-refractivity contribution in [1.29, 1.82) is 5.26 Å². The van der Waals surface area contributed by atoms with E-state index in [1.165, 1.54) is 0 Å². The molecule has 0 radical (unpaired) electrons. The van der Waals surface area contributed by atoms with Crippen LogP contribution in [-0.2, 0) is 0 Å². The first-order chi connectivity index (χ1) is 10.2. The Bertz CT molecular complexity index is 825. The monoisotopic (exact) mass is 275 g/mol. The van der Waals surface area contributed by atoms with E-state index < -0.39 is 0 Å². The Morgan fingerprint density at radius 3 is 2.62 bits per heavy atom. The molecule has 21 heavy (non-hydrogen) atoms. The summed E-state index contributed by atoms with van der Waals surface area (Å²) in [5, 5.41) is 9.27. The molecule has 5 heteroatoms. The number of imidazole rings is 1. The van der Waals surface area contributed by atoms with E-state index in [2.05, 4.69) is 16.0 Å². The number of pyridine rings is 1. The molecule has 0 aliphatic heterocycles. The van der Waals surface area contributed by atoms with Crippen LogP contribution in [0.5, 0.6) is 0 Å². The molecule has 0 unspecified atom stereocenters. The van der Waals surface area contributed by atoms with E-state index in [1.54, 1.807) is 18.5 Å². The van der Waals surface area contributed by atoms with E-state index in [4.69, 9.17) is 5.73 Å². The van der Waals surface area contributed by atoms with Gasteiger partial charge in [0, 0.05) is 29.3 Å². The molecule has 0 saturated heterocycles. The van der Waals surface area contributed by atoms with E-state index in [0.717, 1.165) is 17.1 Å². The van der Waals surface area contributed by atoms with Crippen LogP contribution < -0.4 is 5.73 Å². The van der Waals surface area contributed by atoms with Crippen molar-refractivity contribution >= 4 is 5.69 Å². The van der Waals surface area contributed by atoms with Crippen LogP contribution >= 0.6 is 0 Å². The van der Waals surface area contributed by atoms with E-state index in [1.807, 2.05) is 41.8 Å². The maximum atomic E-state index is 9.27. The van der Waals surface area contributed by atoms with Gasteiger partial charge >= 0.3 is 0 Å². The molecule has 0 saturated carbocycles. The molecule has 0 amide bonds. The van der Waals surface area contributed by atoms with Crippen molar-refractivity contribution in [1.82, 2.24) is 14.5 Å². The lowest BCUT2D eigenvalue weighted by Crippen LogP contribution is -2.03. The van der Waals surface area contributed by atoms with E-state index in [9.17, 15) is 5.26 Å². The average Bonchev–Trinajstić information content (AvgIpc) is 2.97. The SMILES string of the molecule is Cc1ccc(C#N)c(-n2ccnc2-c2ccc(N)cc2)n1. The fraction of sp³-hybridized carbons (Fsp3) is 0.0625. The van der Waals surface area contributed by atoms with Crippen molar-refractivity contribution in [3.05, 3.63) is 60.0 Å². The fourth-order valence-electron chi connectivity index (χ4n) is 2.13. The molecule has 3 aromatic rings. The van der Waals surface area contributed by atoms with Gasteiger partial charge < -0.3 is 5.73 Å². The first kappa shape index (κ1) is 12.9. The zero-order valence-electron chi connectivity index (χ0n) is 11.5. The van der Waals surface area contributed by atoms with Crippen molar-refractivity contribution in [2.75, 3.05) is 5.73 Å². The highest BCUT2D eigenvalue weighted by Crippen LogP contribution is 2.23. The molecule has 0 fully saturated rings. The van der Waals surface area contributed by atoms with Crippen molar-refractivity contribution in [3.63, 3.8) is 0 Å². The quantitative estimate of drug-likeness (QED) is 0.729. The molecule has 2 N–H and O–H groups in total. The molecule has 1 aromatic carbocycles. The van der Waals surface area contributed by atoms with Gasteiger partial charge in [-0.15, -0.1) is 0 Å². The Labute approximate surface area is 122 Å². The zero-order valence-corrected chi connectivity index (χ0v) is 11.5. The third-order valence-corrected chi connectivity index (χ3v) is 3.17. The van der Waals surface area contributed by atoms with Crippen LogP contribution in [0.1, 0.15) is 11.3 Å². The van der Waals surface area contributed by atoms with Gasteiger partial charge in [0.25, 0.3) is 0 Å². The molecular formula is C16H13N5. The highest BCUT2D eigenvalue weighted by atomic mass is 15.1. The van der Waals surface area contributed by atoms with Gasteiger partial charge in [0.15, 0.2) is 5.82 Å². The number of hydrogen-bond acceptors (Lipinski definition) is 4. The minimum atomic E-state index is 0.510. The molecule has 0 atom stereocenters. The summed E-state index contributed by atoms with van der Waals surface area (Å²) in [6, 6.07) is 13.2. The molecule has 5 nitrogen and oxygen atoms in total. The third-order valence-electron chi connectivity index (χ3n) is 3.17. The molecule has 102 valence electrons. The topological polar surface area (TPSA) is 80.5 Å². The molecule has 0 aliphatic carbocycles. The van der Waals surface area contributed by atoms with Crippen LogP contribution in [0.4, 0.5) is 5.69 Å². The summed E-state index contributed by atoms with van der Waals surface area (Å²) < 4.78 is 1.82. The van der Waals surface area contributed by atoms with Crippen molar-refractivity contribution in [3.8, 4) is 23.3 Å². The minimum absolute atomic E-state index is 0.510. The van der Waals surface area contributed by atoms with Gasteiger partial charge in [0.1, 0.15) is 11.9 Å². The maximum Gasteiger partial charge on any atom is 0.156 e. The van der Waals surface area contributed by atoms with Crippen LogP contribution in [0.15, 0.2) is 48.8 Å².